The molecule has 0 amide bonds. The van der Waals surface area contributed by atoms with Crippen LogP contribution in [0.25, 0.3) is 10.9 Å². The van der Waals surface area contributed by atoms with E-state index in [1.165, 1.54) is 24.6 Å². The van der Waals surface area contributed by atoms with Crippen LogP contribution in [-0.4, -0.2) is 39.4 Å². The topological polar surface area (TPSA) is 66.1 Å². The van der Waals surface area contributed by atoms with E-state index in [0.717, 1.165) is 17.0 Å². The highest BCUT2D eigenvalue weighted by Crippen LogP contribution is 2.38. The quantitative estimate of drug-likeness (QED) is 0.199. The Balaban J connectivity index is 1.62. The number of nitrogens with zero attached hydrogens (tertiary/aromatic N) is 3. The molecule has 0 radical (unpaired) electrons. The Kier molecular flexibility index (Phi) is 6.55. The van der Waals surface area contributed by atoms with Crippen LogP contribution in [0.3, 0.4) is 0 Å². The first-order valence-corrected chi connectivity index (χ1v) is 11.8. The molecule has 6 nitrogen and oxygen atoms in total. The Labute approximate surface area is 190 Å². The van der Waals surface area contributed by atoms with Gasteiger partial charge in [-0.3, -0.25) is 14.2 Å². The zero-order valence-corrected chi connectivity index (χ0v) is 19.6. The molecule has 1 saturated carbocycles. The van der Waals surface area contributed by atoms with Crippen LogP contribution in [0.2, 0.25) is 5.02 Å². The number of ketones is 1. The molecular weight excluding hydrogens is 434 g/mol. The van der Waals surface area contributed by atoms with Crippen molar-refractivity contribution in [1.82, 2.24) is 14.1 Å². The first-order valence-electron chi connectivity index (χ1n) is 10.4. The van der Waals surface area contributed by atoms with Crippen molar-refractivity contribution in [3.63, 3.8) is 0 Å². The van der Waals surface area contributed by atoms with Crippen LogP contribution < -0.4 is 5.56 Å². The van der Waals surface area contributed by atoms with Crippen LogP contribution in [-0.2, 0) is 11.3 Å². The average molecular weight is 460 g/mol. The molecule has 0 N–H and O–H groups in total. The van der Waals surface area contributed by atoms with Crippen LogP contribution in [0.1, 0.15) is 47.1 Å². The van der Waals surface area contributed by atoms with E-state index in [-0.39, 0.29) is 17.1 Å². The molecule has 1 aliphatic rings. The zero-order chi connectivity index (χ0) is 22.1. The van der Waals surface area contributed by atoms with Crippen molar-refractivity contribution in [1.29, 1.82) is 0 Å². The minimum atomic E-state index is -0.125. The summed E-state index contributed by atoms with van der Waals surface area (Å²) >= 11 is 7.41. The molecule has 3 aromatic rings. The maximum absolute atomic E-state index is 13.1. The molecule has 8 heteroatoms. The number of aromatic nitrogens is 3. The fourth-order valence-corrected chi connectivity index (χ4v) is 5.09. The number of Topliss-reactive ketones (excluding diaryl/α,β-unsaturated/α-hetero) is 1. The fourth-order valence-electron chi connectivity index (χ4n) is 4.01. The fraction of sp³-hybridized carbons (Fsp3) is 0.435. The molecule has 4 rings (SSSR count). The maximum atomic E-state index is 13.1. The standard InChI is InChI=1S/C23H26ClN3O3S/c1-14-11-19(15(2)27(14)17-6-7-17)21(28)13-31-23-25-20-12-16(24)5-8-18(20)22(29)26(23)9-4-10-30-3/h5,8,11-12,17H,4,6-7,9-10,13H2,1-3H3. The van der Waals surface area contributed by atoms with E-state index in [9.17, 15) is 9.59 Å². The van der Waals surface area contributed by atoms with Gasteiger partial charge in [0, 0.05) is 48.3 Å². The number of benzene rings is 1. The Morgan fingerprint density at radius 3 is 2.77 bits per heavy atom. The van der Waals surface area contributed by atoms with E-state index in [2.05, 4.69) is 16.5 Å². The lowest BCUT2D eigenvalue weighted by molar-refractivity contribution is 0.102. The van der Waals surface area contributed by atoms with Crippen LogP contribution in [0.4, 0.5) is 0 Å². The van der Waals surface area contributed by atoms with E-state index >= 15 is 0 Å². The van der Waals surface area contributed by atoms with Crippen molar-refractivity contribution < 1.29 is 9.53 Å². The molecule has 2 aromatic heterocycles. The summed E-state index contributed by atoms with van der Waals surface area (Å²) in [5.74, 6) is 0.270. The van der Waals surface area contributed by atoms with Crippen molar-refractivity contribution >= 4 is 40.0 Å². The van der Waals surface area contributed by atoms with Gasteiger partial charge in [0.25, 0.3) is 5.56 Å². The number of hydrogen-bond donors (Lipinski definition) is 0. The number of hydrogen-bond acceptors (Lipinski definition) is 5. The van der Waals surface area contributed by atoms with Crippen molar-refractivity contribution in [3.8, 4) is 0 Å². The molecule has 0 spiro atoms. The second-order valence-electron chi connectivity index (χ2n) is 7.96. The number of carbonyl (C=O) groups is 1. The van der Waals surface area contributed by atoms with Gasteiger partial charge in [-0.1, -0.05) is 23.4 Å². The van der Waals surface area contributed by atoms with E-state index < -0.39 is 0 Å². The predicted molar refractivity (Wildman–Crippen MR) is 125 cm³/mol. The molecule has 0 aliphatic heterocycles. The summed E-state index contributed by atoms with van der Waals surface area (Å²) < 4.78 is 9.05. The summed E-state index contributed by atoms with van der Waals surface area (Å²) in [7, 11) is 1.63. The van der Waals surface area contributed by atoms with Gasteiger partial charge in [0.15, 0.2) is 10.9 Å². The van der Waals surface area contributed by atoms with E-state index in [0.29, 0.717) is 46.7 Å². The first kappa shape index (κ1) is 22.1. The normalized spacial score (nSPS) is 13.8. The minimum absolute atomic E-state index is 0.0499. The largest absolute Gasteiger partial charge is 0.385 e. The van der Waals surface area contributed by atoms with Crippen LogP contribution in [0.15, 0.2) is 34.2 Å². The molecule has 2 heterocycles. The van der Waals surface area contributed by atoms with Crippen LogP contribution in [0, 0.1) is 13.8 Å². The third kappa shape index (κ3) is 4.59. The second kappa shape index (κ2) is 9.18. The van der Waals surface area contributed by atoms with E-state index in [1.807, 2.05) is 13.0 Å². The van der Waals surface area contributed by atoms with Crippen molar-refractivity contribution in [3.05, 3.63) is 56.6 Å². The van der Waals surface area contributed by atoms with Gasteiger partial charge >= 0.3 is 0 Å². The predicted octanol–water partition coefficient (Wildman–Crippen LogP) is 4.81. The maximum Gasteiger partial charge on any atom is 0.262 e. The molecule has 0 bridgehead atoms. The summed E-state index contributed by atoms with van der Waals surface area (Å²) in [4.78, 5) is 30.8. The highest BCUT2D eigenvalue weighted by Gasteiger charge is 2.28. The molecule has 1 aromatic carbocycles. The minimum Gasteiger partial charge on any atom is -0.385 e. The molecule has 0 atom stereocenters. The first-order chi connectivity index (χ1) is 14.9. The van der Waals surface area contributed by atoms with Crippen molar-refractivity contribution in [2.75, 3.05) is 19.5 Å². The smallest absolute Gasteiger partial charge is 0.262 e. The number of aryl methyl sites for hydroxylation is 1. The third-order valence-electron chi connectivity index (χ3n) is 5.64. The summed E-state index contributed by atoms with van der Waals surface area (Å²) in [5, 5.41) is 1.57. The molecule has 31 heavy (non-hydrogen) atoms. The number of rotatable bonds is 9. The number of methoxy groups -OCH3 is 1. The Morgan fingerprint density at radius 2 is 2.06 bits per heavy atom. The highest BCUT2D eigenvalue weighted by molar-refractivity contribution is 7.99. The number of carbonyl (C=O) groups excluding carboxylic acids is 1. The molecule has 1 aliphatic carbocycles. The van der Waals surface area contributed by atoms with Crippen molar-refractivity contribution in [2.45, 2.75) is 50.9 Å². The van der Waals surface area contributed by atoms with Gasteiger partial charge < -0.3 is 9.30 Å². The molecule has 1 fully saturated rings. The zero-order valence-electron chi connectivity index (χ0n) is 18.0. The Morgan fingerprint density at radius 1 is 1.29 bits per heavy atom. The lowest BCUT2D eigenvalue weighted by Gasteiger charge is -2.13. The molecule has 164 valence electrons. The number of thioether (sulfide) groups is 1. The monoisotopic (exact) mass is 459 g/mol. The highest BCUT2D eigenvalue weighted by atomic mass is 35.5. The molecule has 0 saturated heterocycles. The third-order valence-corrected chi connectivity index (χ3v) is 6.85. The lowest BCUT2D eigenvalue weighted by atomic mass is 10.2. The molecular formula is C23H26ClN3O3S. The summed E-state index contributed by atoms with van der Waals surface area (Å²) in [5.41, 5.74) is 3.33. The second-order valence-corrected chi connectivity index (χ2v) is 9.34. The van der Waals surface area contributed by atoms with Gasteiger partial charge in [0.05, 0.1) is 16.7 Å². The number of halogens is 1. The molecule has 0 unspecified atom stereocenters. The number of fused-ring (bicyclic) bond motifs is 1. The Hall–Kier alpha value is -2.09. The van der Waals surface area contributed by atoms with E-state index in [1.54, 1.807) is 29.9 Å². The van der Waals surface area contributed by atoms with Gasteiger partial charge in [-0.15, -0.1) is 0 Å². The average Bonchev–Trinajstić information content (AvgIpc) is 3.52. The van der Waals surface area contributed by atoms with Gasteiger partial charge in [-0.25, -0.2) is 4.98 Å². The van der Waals surface area contributed by atoms with Crippen LogP contribution in [0.5, 0.6) is 0 Å². The number of ether oxygens (including phenoxy) is 1. The van der Waals surface area contributed by atoms with Crippen molar-refractivity contribution in [2.24, 2.45) is 0 Å². The van der Waals surface area contributed by atoms with Gasteiger partial charge in [-0.05, 0) is 57.4 Å². The van der Waals surface area contributed by atoms with Gasteiger partial charge in [0.1, 0.15) is 0 Å². The summed E-state index contributed by atoms with van der Waals surface area (Å²) in [6, 6.07) is 7.60. The summed E-state index contributed by atoms with van der Waals surface area (Å²) in [6.45, 7) is 5.09. The Bertz CT molecular complexity index is 1200. The summed E-state index contributed by atoms with van der Waals surface area (Å²) in [6.07, 6.45) is 3.04. The van der Waals surface area contributed by atoms with Gasteiger partial charge in [0.2, 0.25) is 0 Å². The SMILES string of the molecule is COCCCn1c(SCC(=O)c2cc(C)n(C3CC3)c2C)nc2cc(Cl)ccc2c1=O. The van der Waals surface area contributed by atoms with Crippen LogP contribution >= 0.6 is 23.4 Å². The van der Waals surface area contributed by atoms with E-state index in [4.69, 9.17) is 16.3 Å². The lowest BCUT2D eigenvalue weighted by Crippen LogP contribution is -2.24. The van der Waals surface area contributed by atoms with Gasteiger partial charge in [-0.2, -0.15) is 0 Å².